The summed E-state index contributed by atoms with van der Waals surface area (Å²) in [5.41, 5.74) is 2.53. The summed E-state index contributed by atoms with van der Waals surface area (Å²) in [5.74, 6) is 0.475. The number of carbonyl (C=O) groups is 1. The van der Waals surface area contributed by atoms with E-state index in [-0.39, 0.29) is 12.5 Å². The highest BCUT2D eigenvalue weighted by molar-refractivity contribution is 9.10. The van der Waals surface area contributed by atoms with Crippen LogP contribution in [0.25, 0.3) is 0 Å². The number of hydrogen-bond donors (Lipinski definition) is 2. The van der Waals surface area contributed by atoms with E-state index in [1.807, 2.05) is 36.4 Å². The topological polar surface area (TPSA) is 88.7 Å². The van der Waals surface area contributed by atoms with Crippen LogP contribution in [-0.4, -0.2) is 41.1 Å². The predicted molar refractivity (Wildman–Crippen MR) is 147 cm³/mol. The average molecular weight is 589 g/mol. The van der Waals surface area contributed by atoms with E-state index in [9.17, 15) is 15.1 Å². The molecule has 196 valence electrons. The second-order valence-corrected chi connectivity index (χ2v) is 11.0. The predicted octanol–water partition coefficient (Wildman–Crippen LogP) is 4.69. The Morgan fingerprint density at radius 3 is 2.59 bits per heavy atom. The van der Waals surface area contributed by atoms with E-state index < -0.39 is 5.60 Å². The molecule has 37 heavy (non-hydrogen) atoms. The maximum atomic E-state index is 12.8. The molecule has 1 saturated heterocycles. The lowest BCUT2D eigenvalue weighted by atomic mass is 9.91. The molecule has 1 amide bonds. The molecule has 0 radical (unpaired) electrons. The molecule has 0 atom stereocenters. The van der Waals surface area contributed by atoms with Crippen molar-refractivity contribution in [2.24, 2.45) is 0 Å². The minimum Gasteiger partial charge on any atom is -0.618 e. The van der Waals surface area contributed by atoms with Crippen LogP contribution >= 0.6 is 27.5 Å². The van der Waals surface area contributed by atoms with Crippen LogP contribution in [-0.2, 0) is 13.2 Å². The van der Waals surface area contributed by atoms with Crippen molar-refractivity contribution < 1.29 is 19.4 Å². The first-order valence-electron chi connectivity index (χ1n) is 12.2. The fourth-order valence-electron chi connectivity index (χ4n) is 4.55. The van der Waals surface area contributed by atoms with Gasteiger partial charge in [0.2, 0.25) is 5.69 Å². The number of nitrogens with zero attached hydrogens (tertiary/aromatic N) is 2. The Labute approximate surface area is 230 Å². The van der Waals surface area contributed by atoms with Gasteiger partial charge in [0.1, 0.15) is 17.9 Å². The Bertz CT molecular complexity index is 1260. The molecule has 7 nitrogen and oxygen atoms in total. The Hall–Kier alpha value is -2.65. The first-order chi connectivity index (χ1) is 17.6. The van der Waals surface area contributed by atoms with Gasteiger partial charge >= 0.3 is 0 Å². The molecule has 1 aromatic heterocycles. The standard InChI is InChI=1S/C28H31BrClN3O4/c1-19-9-12-33(36)20(2)26(19)27(34)31-18-28(35)10-13-32(14-11-28)16-22-15-23(29)5-8-25(22)37-17-21-3-6-24(30)7-4-21/h3-9,12,15,35H,10-11,13-14,16-18H2,1-2H3,(H,31,34). The lowest BCUT2D eigenvalue weighted by molar-refractivity contribution is -0.612. The number of aliphatic hydroxyl groups is 1. The van der Waals surface area contributed by atoms with Gasteiger partial charge in [0, 0.05) is 54.2 Å². The molecule has 4 rings (SSSR count). The summed E-state index contributed by atoms with van der Waals surface area (Å²) in [4.78, 5) is 15.0. The summed E-state index contributed by atoms with van der Waals surface area (Å²) in [5, 5.41) is 26.5. The van der Waals surface area contributed by atoms with Crippen LogP contribution in [0.3, 0.4) is 0 Å². The summed E-state index contributed by atoms with van der Waals surface area (Å²) >= 11 is 9.54. The lowest BCUT2D eigenvalue weighted by Gasteiger charge is -2.38. The molecule has 1 aliphatic heterocycles. The van der Waals surface area contributed by atoms with E-state index in [0.717, 1.165) is 26.9 Å². The average Bonchev–Trinajstić information content (AvgIpc) is 2.87. The second-order valence-electron chi connectivity index (χ2n) is 9.64. The summed E-state index contributed by atoms with van der Waals surface area (Å²) in [6.07, 6.45) is 2.44. The van der Waals surface area contributed by atoms with E-state index >= 15 is 0 Å². The number of hydrogen-bond acceptors (Lipinski definition) is 5. The number of carbonyl (C=O) groups excluding carboxylic acids is 1. The van der Waals surface area contributed by atoms with Gasteiger partial charge in [-0.25, -0.2) is 0 Å². The number of aromatic nitrogens is 1. The van der Waals surface area contributed by atoms with Gasteiger partial charge in [-0.1, -0.05) is 39.7 Å². The molecule has 9 heteroatoms. The number of pyridine rings is 1. The number of piperidine rings is 1. The second kappa shape index (κ2) is 11.8. The van der Waals surface area contributed by atoms with Crippen molar-refractivity contribution in [2.45, 2.75) is 45.4 Å². The number of aryl methyl sites for hydroxylation is 1. The number of benzene rings is 2. The SMILES string of the molecule is Cc1cc[n+]([O-])c(C)c1C(=O)NCC1(O)CCN(Cc2cc(Br)ccc2OCc2ccc(Cl)cc2)CC1. The quantitative estimate of drug-likeness (QED) is 0.295. The highest BCUT2D eigenvalue weighted by atomic mass is 79.9. The molecule has 0 spiro atoms. The van der Waals surface area contributed by atoms with Gasteiger partial charge < -0.3 is 20.4 Å². The Morgan fingerprint density at radius 2 is 1.89 bits per heavy atom. The van der Waals surface area contributed by atoms with Crippen molar-refractivity contribution >= 4 is 33.4 Å². The Balaban J connectivity index is 1.33. The number of amides is 1. The van der Waals surface area contributed by atoms with Crippen LogP contribution in [0.1, 0.15) is 45.6 Å². The summed E-state index contributed by atoms with van der Waals surface area (Å²) in [6.45, 7) is 6.04. The fourth-order valence-corrected chi connectivity index (χ4v) is 5.08. The summed E-state index contributed by atoms with van der Waals surface area (Å²) < 4.78 is 7.78. The maximum absolute atomic E-state index is 12.8. The molecule has 0 saturated carbocycles. The van der Waals surface area contributed by atoms with Crippen molar-refractivity contribution in [3.63, 3.8) is 0 Å². The zero-order valence-electron chi connectivity index (χ0n) is 21.0. The first kappa shape index (κ1) is 27.4. The Kier molecular flexibility index (Phi) is 8.75. The molecule has 3 aromatic rings. The summed E-state index contributed by atoms with van der Waals surface area (Å²) in [7, 11) is 0. The lowest BCUT2D eigenvalue weighted by Crippen LogP contribution is -2.51. The van der Waals surface area contributed by atoms with Gasteiger partial charge in [-0.15, -0.1) is 0 Å². The van der Waals surface area contributed by atoms with Gasteiger partial charge in [0.05, 0.1) is 5.60 Å². The van der Waals surface area contributed by atoms with Crippen LogP contribution in [0.2, 0.25) is 5.02 Å². The smallest absolute Gasteiger partial charge is 0.258 e. The van der Waals surface area contributed by atoms with Gasteiger partial charge in [-0.05, 0) is 61.2 Å². The van der Waals surface area contributed by atoms with Crippen molar-refractivity contribution in [3.05, 3.63) is 97.4 Å². The minimum absolute atomic E-state index is 0.138. The molecule has 1 aliphatic rings. The van der Waals surface area contributed by atoms with Crippen molar-refractivity contribution in [1.82, 2.24) is 10.2 Å². The zero-order chi connectivity index (χ0) is 26.6. The molecule has 2 heterocycles. The van der Waals surface area contributed by atoms with E-state index in [2.05, 4.69) is 32.2 Å². The van der Waals surface area contributed by atoms with Crippen LogP contribution in [0.15, 0.2) is 59.2 Å². The number of rotatable bonds is 8. The van der Waals surface area contributed by atoms with E-state index in [0.29, 0.717) is 60.1 Å². The molecule has 2 aromatic carbocycles. The zero-order valence-corrected chi connectivity index (χ0v) is 23.3. The minimum atomic E-state index is -0.999. The van der Waals surface area contributed by atoms with Crippen molar-refractivity contribution in [3.8, 4) is 5.75 Å². The third kappa shape index (κ3) is 7.02. The van der Waals surface area contributed by atoms with Gasteiger partial charge in [0.25, 0.3) is 5.91 Å². The highest BCUT2D eigenvalue weighted by Gasteiger charge is 2.33. The fraction of sp³-hybridized carbons (Fsp3) is 0.357. The molecule has 2 N–H and O–H groups in total. The normalized spacial score (nSPS) is 15.4. The molecule has 1 fully saturated rings. The van der Waals surface area contributed by atoms with Gasteiger partial charge in [-0.2, -0.15) is 4.73 Å². The molecule has 0 aliphatic carbocycles. The first-order valence-corrected chi connectivity index (χ1v) is 13.4. The monoisotopic (exact) mass is 587 g/mol. The molecule has 0 bridgehead atoms. The summed E-state index contributed by atoms with van der Waals surface area (Å²) in [6, 6.07) is 15.2. The molecule has 0 unspecified atom stereocenters. The van der Waals surface area contributed by atoms with E-state index in [1.54, 1.807) is 19.9 Å². The number of likely N-dealkylation sites (tertiary alicyclic amines) is 1. The highest BCUT2D eigenvalue weighted by Crippen LogP contribution is 2.29. The Morgan fingerprint density at radius 1 is 1.19 bits per heavy atom. The van der Waals surface area contributed by atoms with Crippen LogP contribution in [0, 0.1) is 19.1 Å². The van der Waals surface area contributed by atoms with Crippen LogP contribution in [0.4, 0.5) is 0 Å². The maximum Gasteiger partial charge on any atom is 0.258 e. The molecular weight excluding hydrogens is 558 g/mol. The van der Waals surface area contributed by atoms with Gasteiger partial charge in [0.15, 0.2) is 6.20 Å². The van der Waals surface area contributed by atoms with E-state index in [1.165, 1.54) is 6.20 Å². The van der Waals surface area contributed by atoms with E-state index in [4.69, 9.17) is 16.3 Å². The van der Waals surface area contributed by atoms with Crippen molar-refractivity contribution in [2.75, 3.05) is 19.6 Å². The largest absolute Gasteiger partial charge is 0.618 e. The third-order valence-electron chi connectivity index (χ3n) is 6.86. The van der Waals surface area contributed by atoms with Crippen LogP contribution in [0.5, 0.6) is 5.75 Å². The number of halogens is 2. The van der Waals surface area contributed by atoms with Gasteiger partial charge in [-0.3, -0.25) is 9.69 Å². The van der Waals surface area contributed by atoms with Crippen LogP contribution < -0.4 is 14.8 Å². The number of nitrogens with one attached hydrogen (secondary N) is 1. The number of ether oxygens (including phenoxy) is 1. The molecular formula is C28H31BrClN3O4. The van der Waals surface area contributed by atoms with Crippen molar-refractivity contribution in [1.29, 1.82) is 0 Å². The third-order valence-corrected chi connectivity index (χ3v) is 7.61.